The molecule has 152 valence electrons. The second-order valence-electron chi connectivity index (χ2n) is 7.55. The number of aryl methyl sites for hydroxylation is 1. The lowest BCUT2D eigenvalue weighted by atomic mass is 9.82. The van der Waals surface area contributed by atoms with Gasteiger partial charge < -0.3 is 0 Å². The summed E-state index contributed by atoms with van der Waals surface area (Å²) in [5.41, 5.74) is 4.18. The maximum absolute atomic E-state index is 6.59. The Morgan fingerprint density at radius 3 is 1.81 bits per heavy atom. The predicted octanol–water partition coefficient (Wildman–Crippen LogP) is 7.07. The van der Waals surface area contributed by atoms with Crippen LogP contribution in [0.4, 0.5) is 11.4 Å². The lowest BCUT2D eigenvalue weighted by molar-refractivity contribution is -0.0223. The van der Waals surface area contributed by atoms with Crippen molar-refractivity contribution < 1.29 is 4.84 Å². The highest BCUT2D eigenvalue weighted by molar-refractivity contribution is 6.30. The number of hydrogen-bond donors (Lipinski definition) is 0. The summed E-state index contributed by atoms with van der Waals surface area (Å²) in [6, 6.07) is 36.2. The number of nitrogens with zero attached hydrogens (tertiary/aromatic N) is 2. The van der Waals surface area contributed by atoms with E-state index in [0.717, 1.165) is 28.3 Å². The van der Waals surface area contributed by atoms with Crippen molar-refractivity contribution in [3.05, 3.63) is 131 Å². The van der Waals surface area contributed by atoms with Gasteiger partial charge in [0.2, 0.25) is 5.60 Å². The number of anilines is 1. The van der Waals surface area contributed by atoms with Gasteiger partial charge in [-0.3, -0.25) is 0 Å². The van der Waals surface area contributed by atoms with Crippen LogP contribution in [0.5, 0.6) is 0 Å². The van der Waals surface area contributed by atoms with Gasteiger partial charge in [0.15, 0.2) is 5.84 Å². The number of halogens is 1. The van der Waals surface area contributed by atoms with Gasteiger partial charge in [-0.2, -0.15) is 0 Å². The first-order chi connectivity index (χ1) is 15.2. The Kier molecular flexibility index (Phi) is 5.06. The number of hydrogen-bond acceptors (Lipinski definition) is 2. The summed E-state index contributed by atoms with van der Waals surface area (Å²) in [7, 11) is 0. The zero-order valence-corrected chi connectivity index (χ0v) is 17.8. The van der Waals surface area contributed by atoms with E-state index in [0.29, 0.717) is 5.02 Å². The molecule has 4 aromatic rings. The maximum atomic E-state index is 6.59. The van der Waals surface area contributed by atoms with Crippen LogP contribution in [0, 0.1) is 6.92 Å². The highest BCUT2D eigenvalue weighted by atomic mass is 35.5. The van der Waals surface area contributed by atoms with Crippen molar-refractivity contribution in [3.63, 3.8) is 0 Å². The number of hydroxylamine groups is 1. The molecule has 0 N–H and O–H groups in total. The standard InChI is InChI=1S/C27H21ClN2O/c1-20-12-16-24(17-13-20)29-26-27(21-8-4-2-5-9-21,22-10-6-3-7-11-22)31-30(26)25-18-14-23(28)15-19-25/h2-19H,1H3. The Hall–Kier alpha value is -3.40. The fourth-order valence-electron chi connectivity index (χ4n) is 3.82. The first-order valence-corrected chi connectivity index (χ1v) is 10.6. The Bertz CT molecular complexity index is 1160. The van der Waals surface area contributed by atoms with Gasteiger partial charge in [0, 0.05) is 5.02 Å². The summed E-state index contributed by atoms with van der Waals surface area (Å²) in [4.78, 5) is 11.7. The lowest BCUT2D eigenvalue weighted by Crippen LogP contribution is -2.63. The minimum atomic E-state index is -0.812. The lowest BCUT2D eigenvalue weighted by Gasteiger charge is -2.51. The number of rotatable bonds is 4. The average molecular weight is 425 g/mol. The highest BCUT2D eigenvalue weighted by Crippen LogP contribution is 2.47. The molecule has 0 saturated carbocycles. The molecular weight excluding hydrogens is 404 g/mol. The molecule has 1 fully saturated rings. The Morgan fingerprint density at radius 1 is 0.710 bits per heavy atom. The van der Waals surface area contributed by atoms with Gasteiger partial charge in [-0.15, -0.1) is 0 Å². The van der Waals surface area contributed by atoms with Crippen LogP contribution in [0.25, 0.3) is 0 Å². The molecule has 0 atom stereocenters. The van der Waals surface area contributed by atoms with Crippen molar-refractivity contribution in [2.24, 2.45) is 4.99 Å². The van der Waals surface area contributed by atoms with Crippen molar-refractivity contribution in [1.29, 1.82) is 0 Å². The highest BCUT2D eigenvalue weighted by Gasteiger charge is 2.55. The van der Waals surface area contributed by atoms with Crippen LogP contribution in [0.3, 0.4) is 0 Å². The Labute approximate surface area is 187 Å². The monoisotopic (exact) mass is 424 g/mol. The SMILES string of the molecule is Cc1ccc(N=C2N(c3ccc(Cl)cc3)OC2(c2ccccc2)c2ccccc2)cc1. The molecule has 4 heteroatoms. The molecule has 1 heterocycles. The van der Waals surface area contributed by atoms with E-state index in [1.807, 2.05) is 72.8 Å². The van der Waals surface area contributed by atoms with E-state index in [1.54, 1.807) is 5.06 Å². The van der Waals surface area contributed by atoms with Crippen LogP contribution in [0.2, 0.25) is 5.02 Å². The van der Waals surface area contributed by atoms with E-state index in [2.05, 4.69) is 43.3 Å². The van der Waals surface area contributed by atoms with Gasteiger partial charge in [-0.1, -0.05) is 90.0 Å². The Balaban J connectivity index is 1.71. The molecule has 0 spiro atoms. The van der Waals surface area contributed by atoms with Crippen LogP contribution in [0.1, 0.15) is 16.7 Å². The fraction of sp³-hybridized carbons (Fsp3) is 0.0741. The summed E-state index contributed by atoms with van der Waals surface area (Å²) in [6.07, 6.45) is 0. The summed E-state index contributed by atoms with van der Waals surface area (Å²) < 4.78 is 0. The van der Waals surface area contributed by atoms with Gasteiger partial charge in [0.25, 0.3) is 0 Å². The van der Waals surface area contributed by atoms with Crippen LogP contribution < -0.4 is 5.06 Å². The Morgan fingerprint density at radius 2 is 1.26 bits per heavy atom. The van der Waals surface area contributed by atoms with Crippen LogP contribution >= 0.6 is 11.6 Å². The molecule has 1 aliphatic rings. The van der Waals surface area contributed by atoms with E-state index in [1.165, 1.54) is 5.56 Å². The zero-order valence-electron chi connectivity index (χ0n) is 17.1. The number of benzene rings is 4. The molecule has 1 aliphatic heterocycles. The minimum Gasteiger partial charge on any atom is -0.243 e. The van der Waals surface area contributed by atoms with Gasteiger partial charge in [0.1, 0.15) is 0 Å². The minimum absolute atomic E-state index is 0.679. The van der Waals surface area contributed by atoms with E-state index in [-0.39, 0.29) is 0 Å². The molecular formula is C27H21ClN2O. The van der Waals surface area contributed by atoms with Crippen molar-refractivity contribution in [3.8, 4) is 0 Å². The predicted molar refractivity (Wildman–Crippen MR) is 127 cm³/mol. The van der Waals surface area contributed by atoms with Crippen LogP contribution in [-0.2, 0) is 10.4 Å². The van der Waals surface area contributed by atoms with Gasteiger partial charge >= 0.3 is 0 Å². The molecule has 0 amide bonds. The zero-order chi connectivity index (χ0) is 21.3. The molecule has 1 saturated heterocycles. The van der Waals surface area contributed by atoms with Crippen molar-refractivity contribution in [1.82, 2.24) is 0 Å². The molecule has 0 aromatic heterocycles. The smallest absolute Gasteiger partial charge is 0.206 e. The first-order valence-electron chi connectivity index (χ1n) is 10.2. The second kappa shape index (κ2) is 8.03. The van der Waals surface area contributed by atoms with E-state index in [9.17, 15) is 0 Å². The van der Waals surface area contributed by atoms with E-state index in [4.69, 9.17) is 21.4 Å². The first kappa shape index (κ1) is 19.6. The maximum Gasteiger partial charge on any atom is 0.206 e. The fourth-order valence-corrected chi connectivity index (χ4v) is 3.94. The molecule has 3 nitrogen and oxygen atoms in total. The molecule has 0 radical (unpaired) electrons. The van der Waals surface area contributed by atoms with Gasteiger partial charge in [-0.05, 0) is 54.4 Å². The molecule has 0 aliphatic carbocycles. The largest absolute Gasteiger partial charge is 0.243 e. The summed E-state index contributed by atoms with van der Waals surface area (Å²) in [6.45, 7) is 2.07. The molecule has 31 heavy (non-hydrogen) atoms. The van der Waals surface area contributed by atoms with Crippen LogP contribution in [-0.4, -0.2) is 5.84 Å². The number of aliphatic imine (C=N–C) groups is 1. The second-order valence-corrected chi connectivity index (χ2v) is 7.98. The van der Waals surface area contributed by atoms with Crippen molar-refractivity contribution >= 4 is 28.8 Å². The van der Waals surface area contributed by atoms with Crippen molar-refractivity contribution in [2.45, 2.75) is 12.5 Å². The quantitative estimate of drug-likeness (QED) is 0.350. The third kappa shape index (κ3) is 3.52. The van der Waals surface area contributed by atoms with Gasteiger partial charge in [0.05, 0.1) is 11.4 Å². The van der Waals surface area contributed by atoms with Crippen molar-refractivity contribution in [2.75, 3.05) is 5.06 Å². The third-order valence-electron chi connectivity index (χ3n) is 5.43. The third-order valence-corrected chi connectivity index (χ3v) is 5.68. The summed E-state index contributed by atoms with van der Waals surface area (Å²) >= 11 is 6.12. The molecule has 5 rings (SSSR count). The van der Waals surface area contributed by atoms with Crippen LogP contribution in [0.15, 0.2) is 114 Å². The molecule has 4 aromatic carbocycles. The molecule has 0 bridgehead atoms. The normalized spacial score (nSPS) is 16.2. The molecule has 0 unspecified atom stereocenters. The van der Waals surface area contributed by atoms with Gasteiger partial charge in [-0.25, -0.2) is 14.9 Å². The number of amidine groups is 1. The topological polar surface area (TPSA) is 24.8 Å². The average Bonchev–Trinajstić information content (AvgIpc) is 2.81. The summed E-state index contributed by atoms with van der Waals surface area (Å²) in [5.74, 6) is 0.802. The van der Waals surface area contributed by atoms with E-state index < -0.39 is 5.60 Å². The summed E-state index contributed by atoms with van der Waals surface area (Å²) in [5, 5.41) is 2.47. The van der Waals surface area contributed by atoms with E-state index >= 15 is 0 Å².